The summed E-state index contributed by atoms with van der Waals surface area (Å²) in [6, 6.07) is 2.11. The number of hydrogen-bond donors (Lipinski definition) is 7. The summed E-state index contributed by atoms with van der Waals surface area (Å²) >= 11 is 0. The summed E-state index contributed by atoms with van der Waals surface area (Å²) in [5, 5.41) is 16.0. The van der Waals surface area contributed by atoms with E-state index in [1.807, 2.05) is 0 Å². The van der Waals surface area contributed by atoms with Crippen LogP contribution in [0.4, 0.5) is 23.0 Å². The van der Waals surface area contributed by atoms with Crippen LogP contribution in [0.2, 0.25) is 0 Å². The highest BCUT2D eigenvalue weighted by atomic mass is 16.2. The first-order valence-corrected chi connectivity index (χ1v) is 16.5. The molecule has 0 saturated carbocycles. The molecule has 0 aliphatic rings. The van der Waals surface area contributed by atoms with Crippen LogP contribution in [-0.2, 0) is 44.8 Å². The second-order valence-corrected chi connectivity index (χ2v) is 12.4. The summed E-state index contributed by atoms with van der Waals surface area (Å²) in [6.07, 6.45) is 11.0. The van der Waals surface area contributed by atoms with E-state index in [-0.39, 0.29) is 54.8 Å². The van der Waals surface area contributed by atoms with E-state index in [1.54, 1.807) is 80.1 Å². The van der Waals surface area contributed by atoms with E-state index in [9.17, 15) is 28.8 Å². The molecule has 21 heteroatoms. The first-order chi connectivity index (χ1) is 25.7. The molecule has 284 valence electrons. The Hall–Kier alpha value is -7.03. The van der Waals surface area contributed by atoms with E-state index >= 15 is 0 Å². The van der Waals surface area contributed by atoms with Crippen molar-refractivity contribution in [1.29, 1.82) is 0 Å². The van der Waals surface area contributed by atoms with Crippen molar-refractivity contribution in [2.45, 2.75) is 18.9 Å². The molecule has 8 N–H and O–H groups in total. The minimum atomic E-state index is -0.876. The van der Waals surface area contributed by atoms with E-state index in [2.05, 4.69) is 46.9 Å². The molecule has 0 aromatic carbocycles. The molecule has 0 spiro atoms. The molecule has 0 saturated heterocycles. The average Bonchev–Trinajstić information content (AvgIpc) is 3.94. The largest absolute Gasteiger partial charge is 0.351 e. The monoisotopic (exact) mass is 743 g/mol. The number of rotatable bonds is 15. The molecule has 0 aliphatic heterocycles. The second kappa shape index (κ2) is 16.5. The molecular formula is C33H41N15O6. The Morgan fingerprint density at radius 2 is 1.28 bits per heavy atom. The fourth-order valence-corrected chi connectivity index (χ4v) is 5.26. The Morgan fingerprint density at radius 1 is 0.667 bits per heavy atom. The molecule has 1 atom stereocenters. The first-order valence-electron chi connectivity index (χ1n) is 16.5. The van der Waals surface area contributed by atoms with E-state index in [4.69, 9.17) is 5.73 Å². The van der Waals surface area contributed by atoms with Gasteiger partial charge in [0, 0.05) is 91.9 Å². The van der Waals surface area contributed by atoms with Gasteiger partial charge in [-0.15, -0.1) is 0 Å². The molecule has 0 radical (unpaired) electrons. The van der Waals surface area contributed by atoms with Crippen molar-refractivity contribution in [3.05, 3.63) is 78.7 Å². The first kappa shape index (κ1) is 38.2. The van der Waals surface area contributed by atoms with Crippen LogP contribution < -0.4 is 37.6 Å². The molecule has 0 fully saturated rings. The Kier molecular flexibility index (Phi) is 11.7. The van der Waals surface area contributed by atoms with Gasteiger partial charge in [-0.3, -0.25) is 28.8 Å². The van der Waals surface area contributed by atoms with Gasteiger partial charge in [0.25, 0.3) is 23.6 Å². The summed E-state index contributed by atoms with van der Waals surface area (Å²) in [5.74, 6) is -2.11. The average molecular weight is 744 g/mol. The zero-order chi connectivity index (χ0) is 39.1. The predicted molar refractivity (Wildman–Crippen MR) is 195 cm³/mol. The van der Waals surface area contributed by atoms with Gasteiger partial charge in [0.2, 0.25) is 17.6 Å². The van der Waals surface area contributed by atoms with Gasteiger partial charge in [-0.05, 0) is 18.6 Å². The number of aryl methyl sites for hydroxylation is 5. The number of nitrogens with one attached hydrogen (secondary N) is 6. The third-order valence-corrected chi connectivity index (χ3v) is 8.03. The van der Waals surface area contributed by atoms with Crippen LogP contribution in [0.5, 0.6) is 0 Å². The zero-order valence-corrected chi connectivity index (χ0v) is 30.2. The van der Waals surface area contributed by atoms with Gasteiger partial charge in [-0.25, -0.2) is 15.0 Å². The van der Waals surface area contributed by atoms with Gasteiger partial charge >= 0.3 is 0 Å². The molecule has 0 bridgehead atoms. The third-order valence-electron chi connectivity index (χ3n) is 8.03. The van der Waals surface area contributed by atoms with E-state index in [1.165, 1.54) is 33.7 Å². The van der Waals surface area contributed by atoms with Crippen molar-refractivity contribution in [3.63, 3.8) is 0 Å². The number of nitrogens with two attached hydrogens (primary N) is 1. The van der Waals surface area contributed by atoms with Gasteiger partial charge in [-0.2, -0.15) is 0 Å². The van der Waals surface area contributed by atoms with Crippen molar-refractivity contribution < 1.29 is 28.8 Å². The molecular weight excluding hydrogens is 702 g/mol. The fourth-order valence-electron chi connectivity index (χ4n) is 5.26. The molecule has 54 heavy (non-hydrogen) atoms. The maximum Gasteiger partial charge on any atom is 0.291 e. The van der Waals surface area contributed by atoms with Gasteiger partial charge in [-0.1, -0.05) is 0 Å². The molecule has 5 aromatic rings. The molecule has 0 aliphatic carbocycles. The molecule has 5 rings (SSSR count). The van der Waals surface area contributed by atoms with Gasteiger partial charge in [0.1, 0.15) is 11.4 Å². The number of nitrogens with zero attached hydrogens (tertiary/aromatic N) is 8. The fraction of sp³-hybridized carbons (Fsp3) is 0.303. The van der Waals surface area contributed by atoms with Gasteiger partial charge in [0.05, 0.1) is 23.7 Å². The van der Waals surface area contributed by atoms with Crippen LogP contribution in [0.25, 0.3) is 0 Å². The lowest BCUT2D eigenvalue weighted by molar-refractivity contribution is -0.117. The lowest BCUT2D eigenvalue weighted by atomic mass is 10.2. The number of carbonyl (C=O) groups is 6. The van der Waals surface area contributed by atoms with Gasteiger partial charge < -0.3 is 60.5 Å². The minimum Gasteiger partial charge on any atom is -0.351 e. The number of hydrogen-bond acceptors (Lipinski definition) is 10. The summed E-state index contributed by atoms with van der Waals surface area (Å²) in [5.41, 5.74) is 7.19. The van der Waals surface area contributed by atoms with Crippen molar-refractivity contribution in [1.82, 2.24) is 48.4 Å². The molecule has 6 amide bonds. The second-order valence-electron chi connectivity index (χ2n) is 12.4. The van der Waals surface area contributed by atoms with Crippen molar-refractivity contribution in [3.8, 4) is 0 Å². The molecule has 21 nitrogen and oxygen atoms in total. The number of anilines is 4. The van der Waals surface area contributed by atoms with E-state index in [0.717, 1.165) is 0 Å². The van der Waals surface area contributed by atoms with Crippen LogP contribution in [0.1, 0.15) is 55.1 Å². The number of amides is 6. The standard InChI is InChI=1S/C33H41N15O6/c1-44-16-24(38-18-44)43-29(50)21(34)6-8-36-30(51)22-13-20(15-47(22)4)40-33(54)28-42-25(17-48(28)5)41-26(49)7-9-37-31(52)23-12-19(14-46(23)3)39-32(53)27-35-10-11-45(27)2/h10-18,21H,6-9,34H2,1-5H3,(H,36,51)(H,37,52)(H,39,53)(H,40,54)(H,41,49)(H,43,50)/t21-/m1/s1. The Bertz CT molecular complexity index is 2200. The quantitative estimate of drug-likeness (QED) is 0.0750. The Labute approximate surface area is 308 Å². The van der Waals surface area contributed by atoms with Crippen molar-refractivity contribution in [2.24, 2.45) is 41.0 Å². The van der Waals surface area contributed by atoms with Crippen molar-refractivity contribution >= 4 is 58.5 Å². The number of carbonyl (C=O) groups excluding carboxylic acids is 6. The zero-order valence-electron chi connectivity index (χ0n) is 30.2. The summed E-state index contributed by atoms with van der Waals surface area (Å²) in [6.45, 7) is 0.127. The lowest BCUT2D eigenvalue weighted by Crippen LogP contribution is -2.39. The number of aromatic nitrogens is 8. The smallest absolute Gasteiger partial charge is 0.291 e. The third kappa shape index (κ3) is 9.44. The van der Waals surface area contributed by atoms with Crippen molar-refractivity contribution in [2.75, 3.05) is 34.4 Å². The SMILES string of the molecule is Cn1cnc(NC(=O)[C@H](N)CCNC(=O)c2cc(NC(=O)c3nc(NC(=O)CCNC(=O)c4cc(NC(=O)c5nccn5C)cn4C)cn3C)cn2C)c1. The summed E-state index contributed by atoms with van der Waals surface area (Å²) in [4.78, 5) is 88.3. The maximum atomic E-state index is 13.1. The van der Waals surface area contributed by atoms with Crippen LogP contribution in [0.15, 0.2) is 55.6 Å². The topological polar surface area (TPSA) is 264 Å². The van der Waals surface area contributed by atoms with Gasteiger partial charge in [0.15, 0.2) is 17.5 Å². The molecule has 5 heterocycles. The molecule has 0 unspecified atom stereocenters. The Balaban J connectivity index is 1.05. The summed E-state index contributed by atoms with van der Waals surface area (Å²) < 4.78 is 7.75. The highest BCUT2D eigenvalue weighted by molar-refractivity contribution is 6.04. The highest BCUT2D eigenvalue weighted by Gasteiger charge is 2.20. The number of imidazole rings is 3. The van der Waals surface area contributed by atoms with Crippen LogP contribution in [-0.4, -0.2) is 92.4 Å². The Morgan fingerprint density at radius 3 is 1.85 bits per heavy atom. The normalized spacial score (nSPS) is 11.4. The van der Waals surface area contributed by atoms with E-state index in [0.29, 0.717) is 17.2 Å². The van der Waals surface area contributed by atoms with Crippen LogP contribution in [0.3, 0.4) is 0 Å². The highest BCUT2D eigenvalue weighted by Crippen LogP contribution is 2.17. The van der Waals surface area contributed by atoms with Crippen LogP contribution >= 0.6 is 0 Å². The molecule has 5 aromatic heterocycles. The van der Waals surface area contributed by atoms with Crippen LogP contribution in [0, 0.1) is 0 Å². The predicted octanol–water partition coefficient (Wildman–Crippen LogP) is -0.0868. The minimum absolute atomic E-state index is 0.00299. The lowest BCUT2D eigenvalue weighted by Gasteiger charge is -2.11. The summed E-state index contributed by atoms with van der Waals surface area (Å²) in [7, 11) is 8.32. The van der Waals surface area contributed by atoms with E-state index < -0.39 is 41.5 Å². The maximum absolute atomic E-state index is 13.1.